The summed E-state index contributed by atoms with van der Waals surface area (Å²) < 4.78 is 0. The van der Waals surface area contributed by atoms with Gasteiger partial charge in [0.2, 0.25) is 0 Å². The van der Waals surface area contributed by atoms with Crippen LogP contribution in [0.2, 0.25) is 0 Å². The van der Waals surface area contributed by atoms with Crippen molar-refractivity contribution in [2.75, 3.05) is 5.73 Å². The Morgan fingerprint density at radius 2 is 0.962 bits per heavy atom. The van der Waals surface area contributed by atoms with Crippen LogP contribution in [-0.4, -0.2) is 16.4 Å². The number of anilines is 1. The van der Waals surface area contributed by atoms with Crippen LogP contribution in [0.1, 0.15) is 11.1 Å². The molecule has 1 aromatic heterocycles. The number of hydrogen-bond acceptors (Lipinski definition) is 4. The predicted octanol–water partition coefficient (Wildman–Crippen LogP) is 12.2. The third-order valence-corrected chi connectivity index (χ3v) is 9.64. The lowest BCUT2D eigenvalue weighted by Crippen LogP contribution is -2.15. The quantitative estimate of drug-likeness (QED) is 0.125. The van der Waals surface area contributed by atoms with E-state index in [1.165, 1.54) is 32.7 Å². The van der Waals surface area contributed by atoms with Crippen LogP contribution in [0.15, 0.2) is 194 Å². The van der Waals surface area contributed by atoms with Gasteiger partial charge in [-0.3, -0.25) is 15.8 Å². The Bertz CT molecular complexity index is 2680. The van der Waals surface area contributed by atoms with Crippen molar-refractivity contribution in [1.29, 1.82) is 10.8 Å². The van der Waals surface area contributed by atoms with Crippen LogP contribution in [0.4, 0.5) is 5.69 Å². The molecule has 7 aromatic carbocycles. The Morgan fingerprint density at radius 1 is 0.434 bits per heavy atom. The van der Waals surface area contributed by atoms with Crippen LogP contribution in [-0.2, 0) is 0 Å². The fourth-order valence-electron chi connectivity index (χ4n) is 6.91. The van der Waals surface area contributed by atoms with Gasteiger partial charge in [-0.05, 0) is 96.4 Å². The molecule has 4 heteroatoms. The maximum absolute atomic E-state index is 8.65. The average molecular weight is 681 g/mol. The second-order valence-electron chi connectivity index (χ2n) is 13.0. The fraction of sp³-hybridized carbons (Fsp3) is 0. The van der Waals surface area contributed by atoms with E-state index < -0.39 is 0 Å². The first-order valence-corrected chi connectivity index (χ1v) is 17.6. The molecule has 53 heavy (non-hydrogen) atoms. The van der Waals surface area contributed by atoms with E-state index in [1.54, 1.807) is 12.3 Å². The van der Waals surface area contributed by atoms with E-state index in [4.69, 9.17) is 16.6 Å². The molecule has 8 aromatic rings. The summed E-state index contributed by atoms with van der Waals surface area (Å²) in [5.41, 5.74) is 17.5. The molecule has 9 rings (SSSR count). The van der Waals surface area contributed by atoms with Gasteiger partial charge >= 0.3 is 0 Å². The largest absolute Gasteiger partial charge is 0.399 e. The molecule has 1 aliphatic rings. The Morgan fingerprint density at radius 3 is 1.55 bits per heavy atom. The van der Waals surface area contributed by atoms with Crippen molar-refractivity contribution >= 4 is 49.8 Å². The third-order valence-electron chi connectivity index (χ3n) is 9.64. The zero-order valence-corrected chi connectivity index (χ0v) is 29.0. The normalized spacial score (nSPS) is 12.5. The number of fused-ring (bicyclic) bond motifs is 2. The average Bonchev–Trinajstić information content (AvgIpc) is 3.22. The smallest absolute Gasteiger partial charge is 0.0867 e. The molecule has 0 saturated heterocycles. The number of aromatic nitrogens is 1. The van der Waals surface area contributed by atoms with Crippen molar-refractivity contribution in [2.45, 2.75) is 0 Å². The van der Waals surface area contributed by atoms with E-state index in [0.29, 0.717) is 0 Å². The van der Waals surface area contributed by atoms with Gasteiger partial charge in [0.05, 0.1) is 11.4 Å². The molecular weight excluding hydrogens is 645 g/mol. The van der Waals surface area contributed by atoms with E-state index in [9.17, 15) is 0 Å². The minimum Gasteiger partial charge on any atom is -0.399 e. The summed E-state index contributed by atoms with van der Waals surface area (Å²) in [4.78, 5) is 4.05. The number of nitrogens with one attached hydrogen (secondary N) is 2. The molecule has 0 fully saturated rings. The number of rotatable bonds is 5. The first-order chi connectivity index (χ1) is 26.0. The summed E-state index contributed by atoms with van der Waals surface area (Å²) in [6.07, 6.45) is 7.42. The Kier molecular flexibility index (Phi) is 9.08. The summed E-state index contributed by atoms with van der Waals surface area (Å²) >= 11 is 0. The lowest BCUT2D eigenvalue weighted by molar-refractivity contribution is 1.33. The molecule has 0 saturated carbocycles. The third kappa shape index (κ3) is 6.94. The second kappa shape index (κ2) is 14.6. The molecule has 0 atom stereocenters. The van der Waals surface area contributed by atoms with Crippen molar-refractivity contribution in [3.05, 3.63) is 206 Å². The zero-order chi connectivity index (χ0) is 36.1. The predicted molar refractivity (Wildman–Crippen MR) is 224 cm³/mol. The molecule has 0 bridgehead atoms. The van der Waals surface area contributed by atoms with Crippen molar-refractivity contribution in [3.8, 4) is 33.4 Å². The second-order valence-corrected chi connectivity index (χ2v) is 13.0. The van der Waals surface area contributed by atoms with Crippen molar-refractivity contribution in [3.63, 3.8) is 0 Å². The molecule has 4 N–H and O–H groups in total. The molecule has 252 valence electrons. The lowest BCUT2D eigenvalue weighted by atomic mass is 9.87. The van der Waals surface area contributed by atoms with Gasteiger partial charge in [-0.25, -0.2) is 0 Å². The maximum atomic E-state index is 8.65. The first kappa shape index (κ1) is 33.0. The fourth-order valence-corrected chi connectivity index (χ4v) is 6.91. The van der Waals surface area contributed by atoms with Crippen LogP contribution >= 0.6 is 0 Å². The van der Waals surface area contributed by atoms with E-state index in [2.05, 4.69) is 138 Å². The van der Waals surface area contributed by atoms with E-state index in [1.807, 2.05) is 48.7 Å². The monoisotopic (exact) mass is 680 g/mol. The van der Waals surface area contributed by atoms with Gasteiger partial charge in [-0.2, -0.15) is 0 Å². The number of pyridine rings is 1. The summed E-state index contributed by atoms with van der Waals surface area (Å²) in [5.74, 6) is 0. The summed E-state index contributed by atoms with van der Waals surface area (Å²) in [5, 5.41) is 22.1. The van der Waals surface area contributed by atoms with Crippen LogP contribution in [0.5, 0.6) is 0 Å². The Balaban J connectivity index is 0.000000259. The van der Waals surface area contributed by atoms with Crippen LogP contribution in [0, 0.1) is 10.8 Å². The zero-order valence-electron chi connectivity index (χ0n) is 29.0. The van der Waals surface area contributed by atoms with E-state index in [-0.39, 0.29) is 11.4 Å². The molecule has 0 aliphatic heterocycles. The van der Waals surface area contributed by atoms with E-state index in [0.717, 1.165) is 50.2 Å². The molecule has 4 nitrogen and oxygen atoms in total. The molecule has 0 radical (unpaired) electrons. The number of benzene rings is 7. The van der Waals surface area contributed by atoms with Gasteiger partial charge < -0.3 is 5.73 Å². The van der Waals surface area contributed by atoms with Gasteiger partial charge in [0.15, 0.2) is 0 Å². The summed E-state index contributed by atoms with van der Waals surface area (Å²) in [7, 11) is 0. The summed E-state index contributed by atoms with van der Waals surface area (Å²) in [6, 6.07) is 58.3. The number of allylic oxidation sites excluding steroid dienone is 4. The Hall–Kier alpha value is -7.17. The molecule has 1 aliphatic carbocycles. The van der Waals surface area contributed by atoms with Crippen molar-refractivity contribution < 1.29 is 0 Å². The molecule has 0 unspecified atom stereocenters. The van der Waals surface area contributed by atoms with Crippen LogP contribution < -0.4 is 5.73 Å². The first-order valence-electron chi connectivity index (χ1n) is 17.6. The molecule has 1 heterocycles. The number of nitrogens with zero attached hydrogens (tertiary/aromatic N) is 1. The highest BCUT2D eigenvalue weighted by atomic mass is 14.6. The maximum Gasteiger partial charge on any atom is 0.0867 e. The van der Waals surface area contributed by atoms with Gasteiger partial charge in [0.25, 0.3) is 0 Å². The Labute approximate surface area is 309 Å². The topological polar surface area (TPSA) is 86.6 Å². The van der Waals surface area contributed by atoms with Crippen molar-refractivity contribution in [1.82, 2.24) is 4.98 Å². The van der Waals surface area contributed by atoms with Gasteiger partial charge in [0.1, 0.15) is 0 Å². The van der Waals surface area contributed by atoms with E-state index >= 15 is 0 Å². The van der Waals surface area contributed by atoms with Gasteiger partial charge in [0, 0.05) is 29.2 Å². The molecular formula is C49H36N4. The lowest BCUT2D eigenvalue weighted by Gasteiger charge is -2.17. The minimum atomic E-state index is 0.226. The van der Waals surface area contributed by atoms with Gasteiger partial charge in [-0.15, -0.1) is 0 Å². The highest BCUT2D eigenvalue weighted by molar-refractivity contribution is 6.61. The van der Waals surface area contributed by atoms with Crippen LogP contribution in [0.3, 0.4) is 0 Å². The molecule has 0 spiro atoms. The number of nitrogen functional groups attached to an aromatic ring is 1. The number of nitrogens with two attached hydrogens (primary N) is 1. The highest BCUT2D eigenvalue weighted by Crippen LogP contribution is 2.34. The highest BCUT2D eigenvalue weighted by Gasteiger charge is 2.19. The van der Waals surface area contributed by atoms with Gasteiger partial charge in [-0.1, -0.05) is 152 Å². The van der Waals surface area contributed by atoms with Crippen molar-refractivity contribution in [2.24, 2.45) is 0 Å². The number of hydrogen-bond donors (Lipinski definition) is 3. The summed E-state index contributed by atoms with van der Waals surface area (Å²) in [6.45, 7) is 0. The van der Waals surface area contributed by atoms with Crippen LogP contribution in [0.25, 0.3) is 66.1 Å². The minimum absolute atomic E-state index is 0.226. The molecule has 0 amide bonds. The SMILES string of the molecule is N=C1C=C(c2ccc(-c3cccc4ccccc34)cc2)C=C(c2ccc(-c3cccc4ccccc34)cc2)C1=N.Nc1cccc(-c2cccnc2)c1. The standard InChI is InChI=1S/C38H26N2.C11H10N2/c39-37-24-31(25-15-17-28(18-16-25)34-13-5-9-26-7-1-3-11-32(26)34)23-36(38(37)40)30-21-19-29(20-22-30)35-14-6-10-27-8-2-4-12-33(27)35;12-11-5-1-3-9(7-11)10-4-2-6-13-8-10/h1-24,39-40H;1-8H,12H2.